The van der Waals surface area contributed by atoms with Gasteiger partial charge in [-0.1, -0.05) is 53.0 Å². The first-order valence-corrected chi connectivity index (χ1v) is 9.16. The molecule has 0 fully saturated rings. The van der Waals surface area contributed by atoms with Gasteiger partial charge in [-0.2, -0.15) is 0 Å². The monoisotopic (exact) mass is 399 g/mol. The predicted octanol–water partition coefficient (Wildman–Crippen LogP) is 6.64. The van der Waals surface area contributed by atoms with Crippen LogP contribution in [0, 0.1) is 6.92 Å². The molecule has 0 amide bonds. The molecule has 0 saturated carbocycles. The van der Waals surface area contributed by atoms with E-state index in [0.29, 0.717) is 22.4 Å². The van der Waals surface area contributed by atoms with Gasteiger partial charge in [0.2, 0.25) is 0 Å². The number of ether oxygens (including phenoxy) is 2. The second-order valence-electron chi connectivity index (χ2n) is 6.04. The van der Waals surface area contributed by atoms with Gasteiger partial charge in [0.15, 0.2) is 5.75 Å². The average molecular weight is 400 g/mol. The average Bonchev–Trinajstić information content (AvgIpc) is 2.67. The van der Waals surface area contributed by atoms with Crippen molar-refractivity contribution < 1.29 is 9.47 Å². The highest BCUT2D eigenvalue weighted by atomic mass is 35.5. The second-order valence-corrected chi connectivity index (χ2v) is 6.86. The molecule has 27 heavy (non-hydrogen) atoms. The van der Waals surface area contributed by atoms with E-state index < -0.39 is 0 Å². The van der Waals surface area contributed by atoms with Crippen molar-refractivity contribution in [3.8, 4) is 11.5 Å². The summed E-state index contributed by atoms with van der Waals surface area (Å²) in [6, 6.07) is 19.1. The Morgan fingerprint density at radius 1 is 0.926 bits per heavy atom. The zero-order chi connectivity index (χ0) is 19.2. The van der Waals surface area contributed by atoms with Crippen molar-refractivity contribution in [3.63, 3.8) is 0 Å². The van der Waals surface area contributed by atoms with E-state index in [1.165, 1.54) is 5.56 Å². The lowest BCUT2D eigenvalue weighted by Crippen LogP contribution is -1.97. The maximum absolute atomic E-state index is 6.36. The number of nitrogens with zero attached hydrogens (tertiary/aromatic N) is 1. The van der Waals surface area contributed by atoms with E-state index in [9.17, 15) is 0 Å². The van der Waals surface area contributed by atoms with Crippen LogP contribution in [-0.4, -0.2) is 13.3 Å². The van der Waals surface area contributed by atoms with Gasteiger partial charge in [0.1, 0.15) is 12.4 Å². The Labute approximate surface area is 169 Å². The number of hydrogen-bond donors (Lipinski definition) is 0. The van der Waals surface area contributed by atoms with Crippen LogP contribution in [0.1, 0.15) is 16.7 Å². The van der Waals surface area contributed by atoms with Crippen LogP contribution in [0.4, 0.5) is 5.69 Å². The first-order chi connectivity index (χ1) is 13.0. The summed E-state index contributed by atoms with van der Waals surface area (Å²) in [5.41, 5.74) is 3.86. The third-order valence-electron chi connectivity index (χ3n) is 3.96. The molecule has 0 bridgehead atoms. The Morgan fingerprint density at radius 3 is 2.15 bits per heavy atom. The van der Waals surface area contributed by atoms with Gasteiger partial charge < -0.3 is 9.47 Å². The van der Waals surface area contributed by atoms with E-state index >= 15 is 0 Å². The predicted molar refractivity (Wildman–Crippen MR) is 112 cm³/mol. The van der Waals surface area contributed by atoms with Gasteiger partial charge in [0.25, 0.3) is 0 Å². The van der Waals surface area contributed by atoms with Crippen LogP contribution < -0.4 is 9.47 Å². The van der Waals surface area contributed by atoms with Gasteiger partial charge in [-0.25, -0.2) is 0 Å². The summed E-state index contributed by atoms with van der Waals surface area (Å²) >= 11 is 12.7. The smallest absolute Gasteiger partial charge is 0.157 e. The molecule has 3 aromatic rings. The molecule has 0 N–H and O–H groups in total. The lowest BCUT2D eigenvalue weighted by Gasteiger charge is -2.11. The van der Waals surface area contributed by atoms with Crippen molar-refractivity contribution in [2.24, 2.45) is 4.99 Å². The SMILES string of the molecule is COc1ccc(N=Cc2cc(Cl)c(OCc3ccc(C)cc3)c(Cl)c2)cc1. The highest BCUT2D eigenvalue weighted by Crippen LogP contribution is 2.34. The molecule has 5 heteroatoms. The highest BCUT2D eigenvalue weighted by Gasteiger charge is 2.09. The molecule has 3 nitrogen and oxygen atoms in total. The van der Waals surface area contributed by atoms with Crippen LogP contribution in [0.2, 0.25) is 10.0 Å². The van der Waals surface area contributed by atoms with Crippen LogP contribution in [0.25, 0.3) is 0 Å². The molecule has 138 valence electrons. The van der Waals surface area contributed by atoms with Gasteiger partial charge >= 0.3 is 0 Å². The van der Waals surface area contributed by atoms with E-state index in [1.54, 1.807) is 25.5 Å². The molecule has 0 unspecified atom stereocenters. The summed E-state index contributed by atoms with van der Waals surface area (Å²) in [6.45, 7) is 2.45. The van der Waals surface area contributed by atoms with Gasteiger partial charge in [0.05, 0.1) is 22.8 Å². The summed E-state index contributed by atoms with van der Waals surface area (Å²) in [5, 5.41) is 0.900. The third-order valence-corrected chi connectivity index (χ3v) is 4.52. The molecule has 0 radical (unpaired) electrons. The number of halogens is 2. The summed E-state index contributed by atoms with van der Waals surface area (Å²) in [5.74, 6) is 1.26. The van der Waals surface area contributed by atoms with Crippen molar-refractivity contribution in [2.45, 2.75) is 13.5 Å². The van der Waals surface area contributed by atoms with Crippen molar-refractivity contribution in [2.75, 3.05) is 7.11 Å². The van der Waals surface area contributed by atoms with Crippen molar-refractivity contribution in [1.82, 2.24) is 0 Å². The molecule has 0 aliphatic rings. The van der Waals surface area contributed by atoms with Crippen LogP contribution in [0.5, 0.6) is 11.5 Å². The fourth-order valence-corrected chi connectivity index (χ4v) is 3.06. The van der Waals surface area contributed by atoms with Crippen molar-refractivity contribution >= 4 is 35.1 Å². The molecule has 0 spiro atoms. The molecular weight excluding hydrogens is 381 g/mol. The Bertz CT molecular complexity index is 913. The Balaban J connectivity index is 1.71. The van der Waals surface area contributed by atoms with Gasteiger partial charge in [0, 0.05) is 6.21 Å². The number of aliphatic imine (C=N–C) groups is 1. The van der Waals surface area contributed by atoms with Crippen LogP contribution in [-0.2, 0) is 6.61 Å². The van der Waals surface area contributed by atoms with E-state index in [-0.39, 0.29) is 0 Å². The second kappa shape index (κ2) is 8.94. The Hall–Kier alpha value is -2.49. The largest absolute Gasteiger partial charge is 0.497 e. The van der Waals surface area contributed by atoms with Gasteiger partial charge in [-0.05, 0) is 54.4 Å². The lowest BCUT2D eigenvalue weighted by molar-refractivity contribution is 0.306. The zero-order valence-corrected chi connectivity index (χ0v) is 16.6. The third kappa shape index (κ3) is 5.25. The van der Waals surface area contributed by atoms with E-state index in [1.807, 2.05) is 55.5 Å². The van der Waals surface area contributed by atoms with Crippen LogP contribution >= 0.6 is 23.2 Å². The summed E-state index contributed by atoms with van der Waals surface area (Å²) < 4.78 is 11.0. The minimum Gasteiger partial charge on any atom is -0.497 e. The topological polar surface area (TPSA) is 30.8 Å². The highest BCUT2D eigenvalue weighted by molar-refractivity contribution is 6.37. The van der Waals surface area contributed by atoms with Crippen molar-refractivity contribution in [1.29, 1.82) is 0 Å². The molecule has 0 heterocycles. The van der Waals surface area contributed by atoms with E-state index in [0.717, 1.165) is 22.6 Å². The first-order valence-electron chi connectivity index (χ1n) is 8.40. The minimum absolute atomic E-state index is 0.402. The minimum atomic E-state index is 0.402. The first kappa shape index (κ1) is 19.3. The van der Waals surface area contributed by atoms with Gasteiger partial charge in [-0.15, -0.1) is 0 Å². The number of rotatable bonds is 6. The quantitative estimate of drug-likeness (QED) is 0.434. The maximum atomic E-state index is 6.36. The Morgan fingerprint density at radius 2 is 1.56 bits per heavy atom. The molecule has 3 rings (SSSR count). The molecule has 0 atom stereocenters. The molecular formula is C22H19Cl2NO2. The summed E-state index contributed by atoms with van der Waals surface area (Å²) in [6.07, 6.45) is 1.71. The summed E-state index contributed by atoms with van der Waals surface area (Å²) in [7, 11) is 1.63. The molecule has 0 aliphatic carbocycles. The van der Waals surface area contributed by atoms with Crippen LogP contribution in [0.15, 0.2) is 65.7 Å². The van der Waals surface area contributed by atoms with Gasteiger partial charge in [-0.3, -0.25) is 4.99 Å². The summed E-state index contributed by atoms with van der Waals surface area (Å²) in [4.78, 5) is 4.43. The Kier molecular flexibility index (Phi) is 6.38. The number of hydrogen-bond acceptors (Lipinski definition) is 3. The lowest BCUT2D eigenvalue weighted by atomic mass is 10.2. The zero-order valence-electron chi connectivity index (χ0n) is 15.1. The van der Waals surface area contributed by atoms with Crippen LogP contribution in [0.3, 0.4) is 0 Å². The fraction of sp³-hybridized carbons (Fsp3) is 0.136. The fourth-order valence-electron chi connectivity index (χ4n) is 2.45. The number of benzene rings is 3. The van der Waals surface area contributed by atoms with E-state index in [2.05, 4.69) is 4.99 Å². The number of methoxy groups -OCH3 is 1. The van der Waals surface area contributed by atoms with Crippen molar-refractivity contribution in [3.05, 3.63) is 87.4 Å². The van der Waals surface area contributed by atoms with E-state index in [4.69, 9.17) is 32.7 Å². The number of aryl methyl sites for hydroxylation is 1. The molecule has 3 aromatic carbocycles. The standard InChI is InChI=1S/C22H19Cl2NO2/c1-15-3-5-16(6-4-15)14-27-22-20(23)11-17(12-21(22)24)13-25-18-7-9-19(26-2)10-8-18/h3-13H,14H2,1-2H3. The molecule has 0 aromatic heterocycles. The molecule has 0 saturated heterocycles. The maximum Gasteiger partial charge on any atom is 0.157 e. The molecule has 0 aliphatic heterocycles. The normalized spacial score (nSPS) is 11.0.